The minimum atomic E-state index is -1.01. The van der Waals surface area contributed by atoms with Crippen LogP contribution in [0.1, 0.15) is 69.2 Å². The maximum Gasteiger partial charge on any atom is 0.221 e. The smallest absolute Gasteiger partial charge is 0.221 e. The lowest BCUT2D eigenvalue weighted by molar-refractivity contribution is -0.714. The van der Waals surface area contributed by atoms with Gasteiger partial charge in [-0.2, -0.15) is 0 Å². The number of hydrogen-bond donors (Lipinski definition) is 0. The molecule has 0 aliphatic carbocycles. The molecule has 0 amide bonds. The molecule has 0 bridgehead atoms. The van der Waals surface area contributed by atoms with Gasteiger partial charge in [0.2, 0.25) is 8.90 Å². The molecular formula is C21H37N3Si. The molecule has 0 atom stereocenters. The Morgan fingerprint density at radius 3 is 1.72 bits per heavy atom. The molecule has 0 spiro atoms. The van der Waals surface area contributed by atoms with Crippen LogP contribution in [0.4, 0.5) is 0 Å². The zero-order chi connectivity index (χ0) is 19.2. The highest BCUT2D eigenvalue weighted by atomic mass is 28.3. The molecule has 2 aromatic rings. The fourth-order valence-corrected chi connectivity index (χ4v) is 7.20. The summed E-state index contributed by atoms with van der Waals surface area (Å²) in [5, 5.41) is 0. The predicted octanol–water partition coefficient (Wildman–Crippen LogP) is 4.45. The lowest BCUT2D eigenvalue weighted by Crippen LogP contribution is -2.77. The van der Waals surface area contributed by atoms with E-state index in [4.69, 9.17) is 0 Å². The van der Waals surface area contributed by atoms with E-state index < -0.39 is 8.90 Å². The summed E-state index contributed by atoms with van der Waals surface area (Å²) in [5.41, 5.74) is 1.53. The van der Waals surface area contributed by atoms with Crippen LogP contribution < -0.4 is 8.79 Å². The van der Waals surface area contributed by atoms with Crippen molar-refractivity contribution in [2.75, 3.05) is 4.57 Å². The number of benzene rings is 1. The average Bonchev–Trinajstić information content (AvgIpc) is 2.39. The van der Waals surface area contributed by atoms with Gasteiger partial charge in [0, 0.05) is 28.7 Å². The number of rotatable bonds is 4. The zero-order valence-corrected chi connectivity index (χ0v) is 18.9. The Kier molecular flexibility index (Phi) is 5.44. The van der Waals surface area contributed by atoms with Crippen molar-refractivity contribution in [2.24, 2.45) is 0 Å². The summed E-state index contributed by atoms with van der Waals surface area (Å²) >= 11 is 0. The fraction of sp³-hybridized carbons (Fsp3) is 0.667. The monoisotopic (exact) mass is 359 g/mol. The van der Waals surface area contributed by atoms with E-state index in [0.717, 1.165) is 0 Å². The van der Waals surface area contributed by atoms with Crippen LogP contribution in [-0.2, 0) is 11.1 Å². The molecule has 0 aliphatic heterocycles. The summed E-state index contributed by atoms with van der Waals surface area (Å²) in [6, 6.07) is 12.0. The van der Waals surface area contributed by atoms with Crippen LogP contribution in [0.2, 0.25) is 0 Å². The maximum atomic E-state index is 2.73. The van der Waals surface area contributed by atoms with Crippen LogP contribution in [0.3, 0.4) is 0 Å². The molecule has 1 heterocycles. The quantitative estimate of drug-likeness (QED) is 0.734. The van der Waals surface area contributed by atoms with Crippen LogP contribution >= 0.6 is 0 Å². The Morgan fingerprint density at radius 1 is 0.880 bits per heavy atom. The molecule has 1 aromatic heterocycles. The van der Waals surface area contributed by atoms with Gasteiger partial charge in [0.15, 0.2) is 0 Å². The van der Waals surface area contributed by atoms with Gasteiger partial charge in [-0.15, -0.1) is 0 Å². The number of aromatic nitrogens is 2. The van der Waals surface area contributed by atoms with E-state index in [1.165, 1.54) is 11.4 Å². The van der Waals surface area contributed by atoms with Crippen molar-refractivity contribution in [3.8, 4) is 11.4 Å². The van der Waals surface area contributed by atoms with Gasteiger partial charge < -0.3 is 13.0 Å². The Bertz CT molecular complexity index is 656. The van der Waals surface area contributed by atoms with Gasteiger partial charge in [-0.05, 0) is 81.4 Å². The largest absolute Gasteiger partial charge is 0.471 e. The highest BCUT2D eigenvalue weighted by Crippen LogP contribution is 2.28. The van der Waals surface area contributed by atoms with E-state index in [1.807, 2.05) is 0 Å². The van der Waals surface area contributed by atoms with Crippen molar-refractivity contribution in [3.63, 3.8) is 0 Å². The summed E-state index contributed by atoms with van der Waals surface area (Å²) in [7, 11) is -1.01. The zero-order valence-electron chi connectivity index (χ0n) is 17.9. The third kappa shape index (κ3) is 3.79. The topological polar surface area (TPSA) is 12.1 Å². The van der Waals surface area contributed by atoms with Crippen molar-refractivity contribution in [1.82, 2.24) is 4.22 Å². The van der Waals surface area contributed by atoms with Gasteiger partial charge in [0.1, 0.15) is 5.82 Å². The molecular weight excluding hydrogens is 322 g/mol. The van der Waals surface area contributed by atoms with Crippen molar-refractivity contribution in [2.45, 2.75) is 92.4 Å². The van der Waals surface area contributed by atoms with Gasteiger partial charge in [-0.3, -0.25) is 0 Å². The van der Waals surface area contributed by atoms with E-state index in [-0.39, 0.29) is 11.1 Å². The Hall–Kier alpha value is -1.29. The lowest BCUT2D eigenvalue weighted by atomic mass is 10.1. The molecule has 25 heavy (non-hydrogen) atoms. The summed E-state index contributed by atoms with van der Waals surface area (Å²) in [6.07, 6.45) is 0. The second-order valence-corrected chi connectivity index (χ2v) is 11.6. The average molecular weight is 360 g/mol. The van der Waals surface area contributed by atoms with Crippen LogP contribution in [-0.4, -0.2) is 25.2 Å². The first-order valence-corrected chi connectivity index (χ1v) is 10.9. The predicted molar refractivity (Wildman–Crippen MR) is 110 cm³/mol. The number of hydrogen-bond acceptors (Lipinski definition) is 1. The molecule has 1 aromatic carbocycles. The van der Waals surface area contributed by atoms with Crippen LogP contribution in [0, 0.1) is 0 Å². The molecule has 0 N–H and O–H groups in total. The van der Waals surface area contributed by atoms with Crippen molar-refractivity contribution < 1.29 is 4.22 Å². The normalized spacial score (nSPS) is 13.1. The first-order chi connectivity index (χ1) is 11.4. The van der Waals surface area contributed by atoms with Gasteiger partial charge in [0.05, 0.1) is 0 Å². The first-order valence-electron chi connectivity index (χ1n) is 9.55. The van der Waals surface area contributed by atoms with Gasteiger partial charge >= 0.3 is 0 Å². The standard InChI is InChI=1S/C21H37N3Si/c1-16(2)22(17(3)4)25-23(20(5,6)7)19(24(25)21(8,9)10)18-14-12-11-13-15-18/h11-17H,1-10H3. The van der Waals surface area contributed by atoms with E-state index in [1.54, 1.807) is 0 Å². The summed E-state index contributed by atoms with van der Waals surface area (Å²) in [5.74, 6) is 1.39. The molecule has 4 heteroatoms. The highest BCUT2D eigenvalue weighted by molar-refractivity contribution is 6.42. The second-order valence-electron chi connectivity index (χ2n) is 9.60. The van der Waals surface area contributed by atoms with E-state index in [2.05, 4.69) is 113 Å². The van der Waals surface area contributed by atoms with Crippen molar-refractivity contribution in [3.05, 3.63) is 30.3 Å². The van der Waals surface area contributed by atoms with Gasteiger partial charge in [-0.1, -0.05) is 18.2 Å². The third-order valence-electron chi connectivity index (χ3n) is 4.54. The van der Waals surface area contributed by atoms with E-state index in [0.29, 0.717) is 12.1 Å². The minimum absolute atomic E-state index is 0.100. The summed E-state index contributed by atoms with van der Waals surface area (Å²) < 4.78 is 8.14. The van der Waals surface area contributed by atoms with Gasteiger partial charge in [-0.25, -0.2) is 0 Å². The molecule has 2 rings (SSSR count). The second kappa shape index (κ2) is 6.79. The Labute approximate surface area is 156 Å². The van der Waals surface area contributed by atoms with E-state index in [9.17, 15) is 0 Å². The molecule has 0 saturated carbocycles. The van der Waals surface area contributed by atoms with E-state index >= 15 is 0 Å². The SMILES string of the molecule is CC(C)N(C(C)C)[si-]1n(C(C)(C)C)c(-c2ccccc2)[n+]1C(C)(C)C. The molecule has 140 valence electrons. The molecule has 0 aliphatic rings. The van der Waals surface area contributed by atoms with Crippen LogP contribution in [0.15, 0.2) is 30.3 Å². The summed E-state index contributed by atoms with van der Waals surface area (Å²) in [4.78, 5) is 0. The van der Waals surface area contributed by atoms with Crippen LogP contribution in [0.5, 0.6) is 0 Å². The summed E-state index contributed by atoms with van der Waals surface area (Å²) in [6.45, 7) is 23.4. The van der Waals surface area contributed by atoms with Crippen molar-refractivity contribution >= 4 is 8.90 Å². The molecule has 0 fully saturated rings. The number of nitrogens with zero attached hydrogens (tertiary/aromatic N) is 3. The lowest BCUT2D eigenvalue weighted by Gasteiger charge is -2.54. The molecule has 0 unspecified atom stereocenters. The fourth-order valence-electron chi connectivity index (χ4n) is 3.71. The molecule has 0 radical (unpaired) electrons. The van der Waals surface area contributed by atoms with Gasteiger partial charge in [0.25, 0.3) is 0 Å². The Balaban J connectivity index is 2.84. The third-order valence-corrected chi connectivity index (χ3v) is 8.60. The van der Waals surface area contributed by atoms with Crippen molar-refractivity contribution in [1.29, 1.82) is 0 Å². The highest BCUT2D eigenvalue weighted by Gasteiger charge is 2.35. The minimum Gasteiger partial charge on any atom is -0.471 e. The molecule has 3 nitrogen and oxygen atoms in total. The van der Waals surface area contributed by atoms with Crippen LogP contribution in [0.25, 0.3) is 11.4 Å². The molecule has 0 saturated heterocycles. The Morgan fingerprint density at radius 2 is 1.36 bits per heavy atom. The maximum absolute atomic E-state index is 2.73. The first kappa shape index (κ1) is 20.0.